The summed E-state index contributed by atoms with van der Waals surface area (Å²) in [7, 11) is 0. The molecule has 2 saturated heterocycles. The van der Waals surface area contributed by atoms with Gasteiger partial charge in [0.2, 0.25) is 0 Å². The van der Waals surface area contributed by atoms with E-state index in [-0.39, 0.29) is 17.3 Å². The first-order chi connectivity index (χ1) is 10.5. The number of nitriles is 1. The maximum atomic E-state index is 14.0. The van der Waals surface area contributed by atoms with Crippen molar-refractivity contribution < 1.29 is 19.0 Å². The lowest BCUT2D eigenvalue weighted by atomic mass is 9.83. The van der Waals surface area contributed by atoms with Crippen molar-refractivity contribution in [3.8, 4) is 6.07 Å². The smallest absolute Gasteiger partial charge is 0.407 e. The van der Waals surface area contributed by atoms with Gasteiger partial charge in [-0.3, -0.25) is 0 Å². The van der Waals surface area contributed by atoms with E-state index in [1.807, 2.05) is 6.07 Å². The molecule has 1 spiro atoms. The third kappa shape index (κ3) is 2.64. The number of carboxylic acid groups (broad SMARTS) is 1. The number of amides is 1. The Balaban J connectivity index is 1.73. The molecule has 1 aromatic rings. The van der Waals surface area contributed by atoms with Gasteiger partial charge in [-0.15, -0.1) is 0 Å². The van der Waals surface area contributed by atoms with Crippen LogP contribution in [0.25, 0.3) is 0 Å². The maximum absolute atomic E-state index is 14.0. The minimum absolute atomic E-state index is 0.0790. The summed E-state index contributed by atoms with van der Waals surface area (Å²) >= 11 is 0. The molecule has 2 fully saturated rings. The molecule has 0 radical (unpaired) electrons. The molecule has 2 aliphatic heterocycles. The van der Waals surface area contributed by atoms with Crippen LogP contribution < -0.4 is 0 Å². The molecule has 0 aliphatic carbocycles. The van der Waals surface area contributed by atoms with Gasteiger partial charge in [0.1, 0.15) is 5.82 Å². The predicted molar refractivity (Wildman–Crippen MR) is 76.0 cm³/mol. The SMILES string of the molecule is N#Cc1ccc(F)c(C2COC3(CCN(C(=O)O)CC3)C2)c1. The summed E-state index contributed by atoms with van der Waals surface area (Å²) in [4.78, 5) is 12.4. The van der Waals surface area contributed by atoms with Crippen LogP contribution in [0.2, 0.25) is 0 Å². The van der Waals surface area contributed by atoms with Crippen LogP contribution in [0, 0.1) is 17.1 Å². The normalized spacial score (nSPS) is 23.5. The Morgan fingerprint density at radius 1 is 1.45 bits per heavy atom. The summed E-state index contributed by atoms with van der Waals surface area (Å²) in [6.45, 7) is 1.31. The quantitative estimate of drug-likeness (QED) is 0.865. The van der Waals surface area contributed by atoms with E-state index in [1.165, 1.54) is 17.0 Å². The lowest BCUT2D eigenvalue weighted by Crippen LogP contribution is -2.45. The van der Waals surface area contributed by atoms with Gasteiger partial charge in [0, 0.05) is 19.0 Å². The zero-order chi connectivity index (χ0) is 15.7. The number of hydrogen-bond acceptors (Lipinski definition) is 3. The van der Waals surface area contributed by atoms with Crippen LogP contribution in [0.5, 0.6) is 0 Å². The molecule has 1 aromatic carbocycles. The molecule has 5 nitrogen and oxygen atoms in total. The van der Waals surface area contributed by atoms with Crippen molar-refractivity contribution in [3.63, 3.8) is 0 Å². The van der Waals surface area contributed by atoms with Crippen LogP contribution in [0.1, 0.15) is 36.3 Å². The number of ether oxygens (including phenoxy) is 1. The van der Waals surface area contributed by atoms with Crippen LogP contribution in [-0.2, 0) is 4.74 Å². The first-order valence-corrected chi connectivity index (χ1v) is 7.34. The summed E-state index contributed by atoms with van der Waals surface area (Å²) in [6, 6.07) is 6.41. The standard InChI is InChI=1S/C16H17FN2O3/c17-14-2-1-11(9-18)7-13(14)12-8-16(22-10-12)3-5-19(6-4-16)15(20)21/h1-2,7,12H,3-6,8,10H2,(H,20,21). The Morgan fingerprint density at radius 2 is 2.18 bits per heavy atom. The zero-order valence-electron chi connectivity index (χ0n) is 12.1. The van der Waals surface area contributed by atoms with Gasteiger partial charge in [-0.1, -0.05) is 0 Å². The van der Waals surface area contributed by atoms with Gasteiger partial charge >= 0.3 is 6.09 Å². The molecule has 116 valence electrons. The van der Waals surface area contributed by atoms with Gasteiger partial charge in [-0.05, 0) is 43.0 Å². The lowest BCUT2D eigenvalue weighted by molar-refractivity contribution is -0.0394. The number of piperidine rings is 1. The fraction of sp³-hybridized carbons (Fsp3) is 0.500. The molecule has 2 heterocycles. The monoisotopic (exact) mass is 304 g/mol. The van der Waals surface area contributed by atoms with E-state index in [9.17, 15) is 9.18 Å². The molecule has 6 heteroatoms. The summed E-state index contributed by atoms with van der Waals surface area (Å²) in [5.41, 5.74) is 0.612. The van der Waals surface area contributed by atoms with Gasteiger partial charge in [0.05, 0.1) is 23.8 Å². The molecule has 1 unspecified atom stereocenters. The van der Waals surface area contributed by atoms with E-state index in [2.05, 4.69) is 0 Å². The van der Waals surface area contributed by atoms with Crippen molar-refractivity contribution in [1.82, 2.24) is 4.90 Å². The summed E-state index contributed by atoms with van der Waals surface area (Å²) in [6.07, 6.45) is 1.04. The maximum Gasteiger partial charge on any atom is 0.407 e. The van der Waals surface area contributed by atoms with Gasteiger partial charge in [0.25, 0.3) is 0 Å². The molecule has 0 bridgehead atoms. The minimum Gasteiger partial charge on any atom is -0.465 e. The number of rotatable bonds is 1. The van der Waals surface area contributed by atoms with Crippen molar-refractivity contribution in [2.24, 2.45) is 0 Å². The second kappa shape index (κ2) is 5.58. The van der Waals surface area contributed by atoms with E-state index in [1.54, 1.807) is 6.07 Å². The van der Waals surface area contributed by atoms with Crippen LogP contribution in [0.15, 0.2) is 18.2 Å². The van der Waals surface area contributed by atoms with Crippen LogP contribution >= 0.6 is 0 Å². The molecule has 2 aliphatic rings. The molecule has 0 saturated carbocycles. The van der Waals surface area contributed by atoms with Crippen molar-refractivity contribution >= 4 is 6.09 Å². The number of hydrogen-bond donors (Lipinski definition) is 1. The van der Waals surface area contributed by atoms with E-state index >= 15 is 0 Å². The summed E-state index contributed by atoms with van der Waals surface area (Å²) in [5.74, 6) is -0.391. The Hall–Kier alpha value is -2.13. The lowest BCUT2D eigenvalue weighted by Gasteiger charge is -2.37. The summed E-state index contributed by atoms with van der Waals surface area (Å²) in [5, 5.41) is 18.0. The van der Waals surface area contributed by atoms with Gasteiger partial charge in [-0.2, -0.15) is 5.26 Å². The predicted octanol–water partition coefficient (Wildman–Crippen LogP) is 2.71. The first kappa shape index (κ1) is 14.8. The number of likely N-dealkylation sites (tertiary alicyclic amines) is 1. The van der Waals surface area contributed by atoms with E-state index in [0.717, 1.165) is 0 Å². The summed E-state index contributed by atoms with van der Waals surface area (Å²) < 4.78 is 20.0. The molecule has 1 atom stereocenters. The highest BCUT2D eigenvalue weighted by atomic mass is 19.1. The molecule has 3 rings (SSSR count). The van der Waals surface area contributed by atoms with E-state index < -0.39 is 6.09 Å². The van der Waals surface area contributed by atoms with E-state index in [4.69, 9.17) is 15.1 Å². The fourth-order valence-corrected chi connectivity index (χ4v) is 3.42. The molecule has 1 amide bonds. The molecule has 0 aromatic heterocycles. The molecule has 1 N–H and O–H groups in total. The Kier molecular flexibility index (Phi) is 3.75. The number of benzene rings is 1. The highest BCUT2D eigenvalue weighted by molar-refractivity contribution is 5.65. The van der Waals surface area contributed by atoms with Crippen LogP contribution in [0.4, 0.5) is 9.18 Å². The third-order valence-electron chi connectivity index (χ3n) is 4.72. The second-order valence-corrected chi connectivity index (χ2v) is 6.01. The van der Waals surface area contributed by atoms with Crippen molar-refractivity contribution in [2.75, 3.05) is 19.7 Å². The zero-order valence-corrected chi connectivity index (χ0v) is 12.1. The minimum atomic E-state index is -0.905. The van der Waals surface area contributed by atoms with Crippen molar-refractivity contribution in [1.29, 1.82) is 5.26 Å². The topological polar surface area (TPSA) is 73.6 Å². The number of carbonyl (C=O) groups is 1. The van der Waals surface area contributed by atoms with E-state index in [0.29, 0.717) is 50.1 Å². The van der Waals surface area contributed by atoms with Gasteiger partial charge < -0.3 is 14.7 Å². The molecular formula is C16H17FN2O3. The number of halogens is 1. The number of nitrogens with zero attached hydrogens (tertiary/aromatic N) is 2. The Bertz CT molecular complexity index is 633. The largest absolute Gasteiger partial charge is 0.465 e. The van der Waals surface area contributed by atoms with Gasteiger partial charge in [0.15, 0.2) is 0 Å². The Labute approximate surface area is 127 Å². The highest BCUT2D eigenvalue weighted by Crippen LogP contribution is 2.43. The second-order valence-electron chi connectivity index (χ2n) is 6.01. The van der Waals surface area contributed by atoms with Crippen molar-refractivity contribution in [3.05, 3.63) is 35.1 Å². The Morgan fingerprint density at radius 3 is 2.82 bits per heavy atom. The average molecular weight is 304 g/mol. The fourth-order valence-electron chi connectivity index (χ4n) is 3.42. The first-order valence-electron chi connectivity index (χ1n) is 7.34. The third-order valence-corrected chi connectivity index (χ3v) is 4.72. The van der Waals surface area contributed by atoms with Crippen LogP contribution in [0.3, 0.4) is 0 Å². The molecule has 22 heavy (non-hydrogen) atoms. The van der Waals surface area contributed by atoms with Crippen LogP contribution in [-0.4, -0.2) is 41.4 Å². The average Bonchev–Trinajstić information content (AvgIpc) is 2.92. The van der Waals surface area contributed by atoms with Gasteiger partial charge in [-0.25, -0.2) is 9.18 Å². The molecular weight excluding hydrogens is 287 g/mol. The van der Waals surface area contributed by atoms with Crippen molar-refractivity contribution in [2.45, 2.75) is 30.8 Å². The highest BCUT2D eigenvalue weighted by Gasteiger charge is 2.44.